The van der Waals surface area contributed by atoms with Gasteiger partial charge >= 0.3 is 5.97 Å². The second-order valence-electron chi connectivity index (χ2n) is 7.23. The van der Waals surface area contributed by atoms with Crippen LogP contribution in [0, 0.1) is 11.8 Å². The first kappa shape index (κ1) is 21.2. The molecule has 0 saturated carbocycles. The number of carboxylic acid groups (broad SMARTS) is 1. The van der Waals surface area contributed by atoms with Crippen LogP contribution in [-0.2, 0) is 16.0 Å². The molecule has 4 rings (SSSR count). The van der Waals surface area contributed by atoms with Crippen LogP contribution in [0.5, 0.6) is 5.75 Å². The van der Waals surface area contributed by atoms with Crippen molar-refractivity contribution in [3.63, 3.8) is 0 Å². The number of carboxylic acids is 1. The molecule has 0 fully saturated rings. The Morgan fingerprint density at radius 2 is 1.84 bits per heavy atom. The molecular weight excluding hydrogens is 404 g/mol. The van der Waals surface area contributed by atoms with Gasteiger partial charge in [0.25, 0.3) is 0 Å². The Bertz CT molecular complexity index is 1260. The highest BCUT2D eigenvalue weighted by Gasteiger charge is 2.16. The molecule has 0 aliphatic rings. The van der Waals surface area contributed by atoms with E-state index >= 15 is 0 Å². The fourth-order valence-electron chi connectivity index (χ4n) is 3.41. The number of ether oxygens (including phenoxy) is 2. The van der Waals surface area contributed by atoms with Gasteiger partial charge in [0.1, 0.15) is 17.9 Å². The van der Waals surface area contributed by atoms with Crippen LogP contribution in [0.15, 0.2) is 83.5 Å². The predicted octanol–water partition coefficient (Wildman–Crippen LogP) is 5.17. The molecule has 0 unspecified atom stereocenters. The fraction of sp³-hybridized carbons (Fsp3) is 0.148. The Morgan fingerprint density at radius 3 is 2.56 bits per heavy atom. The molecule has 160 valence electrons. The maximum Gasteiger partial charge on any atom is 0.333 e. The quantitative estimate of drug-likeness (QED) is 0.413. The first-order valence-corrected chi connectivity index (χ1v) is 10.2. The summed E-state index contributed by atoms with van der Waals surface area (Å²) in [6.45, 7) is 0.240. The van der Waals surface area contributed by atoms with E-state index in [0.29, 0.717) is 12.2 Å². The molecule has 0 radical (unpaired) electrons. The molecule has 5 nitrogen and oxygen atoms in total. The summed E-state index contributed by atoms with van der Waals surface area (Å²) in [4.78, 5) is 11.1. The van der Waals surface area contributed by atoms with E-state index in [9.17, 15) is 4.79 Å². The lowest BCUT2D eigenvalue weighted by Crippen LogP contribution is -2.24. The van der Waals surface area contributed by atoms with E-state index < -0.39 is 12.1 Å². The molecule has 32 heavy (non-hydrogen) atoms. The minimum atomic E-state index is -0.974. The topological polar surface area (TPSA) is 68.9 Å². The zero-order valence-corrected chi connectivity index (χ0v) is 17.6. The molecule has 1 N–H and O–H groups in total. The minimum absolute atomic E-state index is 0.240. The van der Waals surface area contributed by atoms with Crippen molar-refractivity contribution in [2.75, 3.05) is 13.7 Å². The molecule has 0 aliphatic carbocycles. The highest BCUT2D eigenvalue weighted by Crippen LogP contribution is 2.32. The number of rotatable bonds is 7. The van der Waals surface area contributed by atoms with Crippen LogP contribution >= 0.6 is 0 Å². The van der Waals surface area contributed by atoms with Crippen LogP contribution in [0.3, 0.4) is 0 Å². The van der Waals surface area contributed by atoms with E-state index in [0.717, 1.165) is 33.2 Å². The summed E-state index contributed by atoms with van der Waals surface area (Å²) < 4.78 is 16.4. The number of hydrogen-bond acceptors (Lipinski definition) is 4. The first-order chi connectivity index (χ1) is 15.6. The van der Waals surface area contributed by atoms with Crippen LogP contribution in [-0.4, -0.2) is 30.9 Å². The molecule has 0 bridgehead atoms. The van der Waals surface area contributed by atoms with Gasteiger partial charge in [0.05, 0.1) is 6.26 Å². The van der Waals surface area contributed by atoms with E-state index in [1.165, 1.54) is 7.11 Å². The van der Waals surface area contributed by atoms with Gasteiger partial charge < -0.3 is 19.0 Å². The van der Waals surface area contributed by atoms with Crippen LogP contribution in [0.4, 0.5) is 0 Å². The van der Waals surface area contributed by atoms with Gasteiger partial charge in [-0.3, -0.25) is 0 Å². The number of methoxy groups -OCH3 is 1. The molecule has 0 aliphatic heterocycles. The van der Waals surface area contributed by atoms with Crippen molar-refractivity contribution in [1.82, 2.24) is 0 Å². The molecule has 0 saturated heterocycles. The van der Waals surface area contributed by atoms with Gasteiger partial charge in [-0.15, -0.1) is 0 Å². The standard InChI is InChI=1S/C27H22O5/c1-30-26(27(28)29)16-20-11-9-19(10-12-20)6-5-15-31-22-13-14-23-24(18-32-25(23)17-22)21-7-3-2-4-8-21/h2-4,7-14,17-18,26H,15-16H2,1H3,(H,28,29)/t26-/m0/s1. The number of hydrogen-bond donors (Lipinski definition) is 1. The number of carbonyl (C=O) groups is 1. The Hall–Kier alpha value is -4.01. The van der Waals surface area contributed by atoms with E-state index in [1.807, 2.05) is 60.7 Å². The third-order valence-corrected chi connectivity index (χ3v) is 5.11. The molecule has 3 aromatic carbocycles. The molecule has 0 spiro atoms. The lowest BCUT2D eigenvalue weighted by Gasteiger charge is -2.10. The number of fused-ring (bicyclic) bond motifs is 1. The van der Waals surface area contributed by atoms with Gasteiger partial charge in [0.2, 0.25) is 0 Å². The van der Waals surface area contributed by atoms with Crippen molar-refractivity contribution in [3.05, 3.63) is 90.2 Å². The molecular formula is C27H22O5. The van der Waals surface area contributed by atoms with Gasteiger partial charge in [-0.2, -0.15) is 0 Å². The van der Waals surface area contributed by atoms with Gasteiger partial charge in [-0.1, -0.05) is 54.3 Å². The van der Waals surface area contributed by atoms with Gasteiger partial charge in [0, 0.05) is 36.1 Å². The van der Waals surface area contributed by atoms with E-state index in [1.54, 1.807) is 6.26 Å². The van der Waals surface area contributed by atoms with Crippen molar-refractivity contribution >= 4 is 16.9 Å². The average Bonchev–Trinajstić information content (AvgIpc) is 3.25. The molecule has 0 amide bonds. The Labute approximate surface area is 186 Å². The Kier molecular flexibility index (Phi) is 6.54. The van der Waals surface area contributed by atoms with E-state index in [4.69, 9.17) is 19.0 Å². The smallest absolute Gasteiger partial charge is 0.333 e. The summed E-state index contributed by atoms with van der Waals surface area (Å²) in [7, 11) is 1.39. The van der Waals surface area contributed by atoms with Crippen LogP contribution < -0.4 is 4.74 Å². The molecule has 1 heterocycles. The SMILES string of the molecule is CO[C@@H](Cc1ccc(C#CCOc2ccc3c(-c4ccccc4)coc3c2)cc1)C(=O)O. The Morgan fingerprint density at radius 1 is 1.06 bits per heavy atom. The van der Waals surface area contributed by atoms with Crippen molar-refractivity contribution in [2.45, 2.75) is 12.5 Å². The number of aliphatic carboxylic acids is 1. The number of furan rings is 1. The summed E-state index contributed by atoms with van der Waals surface area (Å²) in [5, 5.41) is 10.1. The average molecular weight is 426 g/mol. The predicted molar refractivity (Wildman–Crippen MR) is 123 cm³/mol. The Balaban J connectivity index is 1.36. The van der Waals surface area contributed by atoms with Crippen molar-refractivity contribution in [2.24, 2.45) is 0 Å². The van der Waals surface area contributed by atoms with Gasteiger partial charge in [-0.05, 0) is 35.4 Å². The lowest BCUT2D eigenvalue weighted by molar-refractivity contribution is -0.148. The second kappa shape index (κ2) is 9.86. The number of benzene rings is 3. The highest BCUT2D eigenvalue weighted by molar-refractivity contribution is 5.94. The first-order valence-electron chi connectivity index (χ1n) is 10.2. The van der Waals surface area contributed by atoms with Gasteiger partial charge in [0.15, 0.2) is 6.10 Å². The summed E-state index contributed by atoms with van der Waals surface area (Å²) in [6, 6.07) is 23.3. The molecule has 1 aromatic heterocycles. The maximum absolute atomic E-state index is 11.1. The van der Waals surface area contributed by atoms with Crippen LogP contribution in [0.2, 0.25) is 0 Å². The fourth-order valence-corrected chi connectivity index (χ4v) is 3.41. The monoisotopic (exact) mass is 426 g/mol. The molecule has 4 aromatic rings. The van der Waals surface area contributed by atoms with Crippen LogP contribution in [0.25, 0.3) is 22.1 Å². The summed E-state index contributed by atoms with van der Waals surface area (Å²) in [5.74, 6) is 5.76. The van der Waals surface area contributed by atoms with Crippen LogP contribution in [0.1, 0.15) is 11.1 Å². The van der Waals surface area contributed by atoms with Crippen molar-refractivity contribution in [1.29, 1.82) is 0 Å². The summed E-state index contributed by atoms with van der Waals surface area (Å²) in [6.07, 6.45) is 1.22. The highest BCUT2D eigenvalue weighted by atomic mass is 16.5. The van der Waals surface area contributed by atoms with Crippen molar-refractivity contribution in [3.8, 4) is 28.7 Å². The second-order valence-corrected chi connectivity index (χ2v) is 7.23. The summed E-state index contributed by atoms with van der Waals surface area (Å²) >= 11 is 0. The largest absolute Gasteiger partial charge is 0.481 e. The van der Waals surface area contributed by atoms with E-state index in [-0.39, 0.29) is 6.61 Å². The maximum atomic E-state index is 11.1. The zero-order chi connectivity index (χ0) is 22.3. The minimum Gasteiger partial charge on any atom is -0.481 e. The van der Waals surface area contributed by atoms with Gasteiger partial charge in [-0.25, -0.2) is 4.79 Å². The lowest BCUT2D eigenvalue weighted by atomic mass is 10.1. The summed E-state index contributed by atoms with van der Waals surface area (Å²) in [5.41, 5.74) is 4.63. The zero-order valence-electron chi connectivity index (χ0n) is 17.6. The molecule has 1 atom stereocenters. The van der Waals surface area contributed by atoms with E-state index in [2.05, 4.69) is 24.0 Å². The van der Waals surface area contributed by atoms with Crippen molar-refractivity contribution < 1.29 is 23.8 Å². The third kappa shape index (κ3) is 5.00. The normalized spacial score (nSPS) is 11.5. The molecule has 5 heteroatoms. The third-order valence-electron chi connectivity index (χ3n) is 5.11.